The number of hydrogen-bond acceptors (Lipinski definition) is 3. The third kappa shape index (κ3) is 3.50. The average molecular weight is 304 g/mol. The fraction of sp³-hybridized carbons (Fsp3) is 0.0667. The Labute approximate surface area is 125 Å². The highest BCUT2D eigenvalue weighted by Crippen LogP contribution is 2.21. The molecule has 0 unspecified atom stereocenters. The average Bonchev–Trinajstić information content (AvgIpc) is 2.46. The van der Waals surface area contributed by atoms with Gasteiger partial charge in [0.2, 0.25) is 5.91 Å². The summed E-state index contributed by atoms with van der Waals surface area (Å²) in [6.45, 7) is 0.332. The van der Waals surface area contributed by atoms with Gasteiger partial charge in [-0.3, -0.25) is 4.79 Å². The van der Waals surface area contributed by atoms with E-state index in [1.165, 1.54) is 18.2 Å². The van der Waals surface area contributed by atoms with Crippen LogP contribution in [0.5, 0.6) is 0 Å². The first kappa shape index (κ1) is 14.8. The number of benzene rings is 2. The van der Waals surface area contributed by atoms with Crippen molar-refractivity contribution in [3.05, 3.63) is 63.9 Å². The molecule has 0 fully saturated rings. The Bertz CT molecular complexity index is 740. The van der Waals surface area contributed by atoms with Gasteiger partial charge in [0.05, 0.1) is 11.3 Å². The molecular weight excluding hydrogens is 293 g/mol. The second kappa shape index (κ2) is 6.25. The topological polar surface area (TPSA) is 78.9 Å². The van der Waals surface area contributed by atoms with Crippen molar-refractivity contribution in [1.29, 1.82) is 5.26 Å². The highest BCUT2D eigenvalue weighted by Gasteiger charge is 2.07. The Balaban J connectivity index is 2.17. The molecule has 0 spiro atoms. The van der Waals surface area contributed by atoms with E-state index in [0.29, 0.717) is 22.8 Å². The van der Waals surface area contributed by atoms with Crippen LogP contribution in [-0.4, -0.2) is 5.91 Å². The zero-order valence-corrected chi connectivity index (χ0v) is 11.6. The van der Waals surface area contributed by atoms with E-state index >= 15 is 0 Å². The molecule has 3 N–H and O–H groups in total. The van der Waals surface area contributed by atoms with Gasteiger partial charge in [0.15, 0.2) is 0 Å². The second-order valence-corrected chi connectivity index (χ2v) is 4.73. The van der Waals surface area contributed by atoms with E-state index < -0.39 is 11.7 Å². The molecule has 106 valence electrons. The standard InChI is InChI=1S/C15H11ClFN3O/c16-13-6-9(15(19)21)1-2-10(13)8-20-14-4-3-12(17)5-11(14)7-18/h1-6,20H,8H2,(H2,19,21). The molecule has 0 heterocycles. The summed E-state index contributed by atoms with van der Waals surface area (Å²) in [5, 5.41) is 12.4. The molecule has 21 heavy (non-hydrogen) atoms. The molecule has 4 nitrogen and oxygen atoms in total. The van der Waals surface area contributed by atoms with Gasteiger partial charge in [-0.25, -0.2) is 4.39 Å². The van der Waals surface area contributed by atoms with Gasteiger partial charge in [0, 0.05) is 17.1 Å². The number of carbonyl (C=O) groups excluding carboxylic acids is 1. The summed E-state index contributed by atoms with van der Waals surface area (Å²) in [5.41, 5.74) is 6.94. The second-order valence-electron chi connectivity index (χ2n) is 4.33. The smallest absolute Gasteiger partial charge is 0.248 e. The maximum Gasteiger partial charge on any atom is 0.248 e. The third-order valence-corrected chi connectivity index (χ3v) is 3.26. The summed E-state index contributed by atoms with van der Waals surface area (Å²) in [6, 6.07) is 10.5. The zero-order valence-electron chi connectivity index (χ0n) is 10.9. The molecule has 0 saturated heterocycles. The number of hydrogen-bond donors (Lipinski definition) is 2. The lowest BCUT2D eigenvalue weighted by molar-refractivity contribution is 0.100. The number of anilines is 1. The van der Waals surface area contributed by atoms with Crippen LogP contribution < -0.4 is 11.1 Å². The number of nitrogens with one attached hydrogen (secondary N) is 1. The number of primary amides is 1. The fourth-order valence-corrected chi connectivity index (χ4v) is 2.04. The Hall–Kier alpha value is -2.58. The molecule has 2 rings (SSSR count). The van der Waals surface area contributed by atoms with Crippen molar-refractivity contribution in [1.82, 2.24) is 0 Å². The monoisotopic (exact) mass is 303 g/mol. The molecule has 2 aromatic carbocycles. The van der Waals surface area contributed by atoms with Crippen LogP contribution in [0.1, 0.15) is 21.5 Å². The molecule has 2 aromatic rings. The van der Waals surface area contributed by atoms with Crippen LogP contribution in [0.2, 0.25) is 5.02 Å². The summed E-state index contributed by atoms with van der Waals surface area (Å²) >= 11 is 6.07. The van der Waals surface area contributed by atoms with Gasteiger partial charge < -0.3 is 11.1 Å². The van der Waals surface area contributed by atoms with E-state index in [4.69, 9.17) is 22.6 Å². The van der Waals surface area contributed by atoms with Crippen LogP contribution in [0.15, 0.2) is 36.4 Å². The van der Waals surface area contributed by atoms with Crippen molar-refractivity contribution in [3.63, 3.8) is 0 Å². The number of nitrogens with zero attached hydrogens (tertiary/aromatic N) is 1. The molecule has 0 aliphatic heterocycles. The van der Waals surface area contributed by atoms with Gasteiger partial charge in [-0.05, 0) is 35.9 Å². The minimum Gasteiger partial charge on any atom is -0.380 e. The lowest BCUT2D eigenvalue weighted by Gasteiger charge is -2.10. The van der Waals surface area contributed by atoms with Crippen LogP contribution in [-0.2, 0) is 6.54 Å². The van der Waals surface area contributed by atoms with Gasteiger partial charge in [-0.2, -0.15) is 5.26 Å². The van der Waals surface area contributed by atoms with Gasteiger partial charge >= 0.3 is 0 Å². The SMILES string of the molecule is N#Cc1cc(F)ccc1NCc1ccc(C(N)=O)cc1Cl. The zero-order chi connectivity index (χ0) is 15.4. The van der Waals surface area contributed by atoms with Crippen LogP contribution in [0.4, 0.5) is 10.1 Å². The first-order valence-electron chi connectivity index (χ1n) is 6.03. The third-order valence-electron chi connectivity index (χ3n) is 2.91. The fourth-order valence-electron chi connectivity index (χ4n) is 1.80. The van der Waals surface area contributed by atoms with E-state index in [2.05, 4.69) is 5.32 Å². The summed E-state index contributed by atoms with van der Waals surface area (Å²) in [5.74, 6) is -1.03. The molecule has 0 atom stereocenters. The normalized spacial score (nSPS) is 9.95. The Kier molecular flexibility index (Phi) is 4.41. The minimum atomic E-state index is -0.554. The predicted molar refractivity (Wildman–Crippen MR) is 78.4 cm³/mol. The van der Waals surface area contributed by atoms with Gasteiger partial charge in [-0.1, -0.05) is 17.7 Å². The number of rotatable bonds is 4. The number of nitriles is 1. The Morgan fingerprint density at radius 2 is 2.10 bits per heavy atom. The maximum atomic E-state index is 13.0. The molecule has 0 aliphatic carbocycles. The van der Waals surface area contributed by atoms with Crippen molar-refractivity contribution in [2.24, 2.45) is 5.73 Å². The lowest BCUT2D eigenvalue weighted by atomic mass is 10.1. The van der Waals surface area contributed by atoms with Crippen LogP contribution in [0.3, 0.4) is 0 Å². The van der Waals surface area contributed by atoms with E-state index in [-0.39, 0.29) is 5.56 Å². The summed E-state index contributed by atoms with van der Waals surface area (Å²) in [4.78, 5) is 11.0. The number of amides is 1. The summed E-state index contributed by atoms with van der Waals surface area (Å²) in [7, 11) is 0. The Morgan fingerprint density at radius 3 is 2.71 bits per heavy atom. The molecule has 0 radical (unpaired) electrons. The van der Waals surface area contributed by atoms with Crippen molar-refractivity contribution in [2.75, 3.05) is 5.32 Å². The van der Waals surface area contributed by atoms with Crippen molar-refractivity contribution >= 4 is 23.2 Å². The van der Waals surface area contributed by atoms with E-state index in [9.17, 15) is 9.18 Å². The number of nitrogens with two attached hydrogens (primary N) is 1. The minimum absolute atomic E-state index is 0.208. The molecule has 0 aliphatic rings. The Morgan fingerprint density at radius 1 is 1.33 bits per heavy atom. The van der Waals surface area contributed by atoms with E-state index in [1.54, 1.807) is 12.1 Å². The van der Waals surface area contributed by atoms with Gasteiger partial charge in [0.1, 0.15) is 11.9 Å². The molecule has 1 amide bonds. The first-order valence-corrected chi connectivity index (χ1v) is 6.41. The maximum absolute atomic E-state index is 13.0. The predicted octanol–water partition coefficient (Wildman–Crippen LogP) is 3.06. The van der Waals surface area contributed by atoms with Gasteiger partial charge in [-0.15, -0.1) is 0 Å². The lowest BCUT2D eigenvalue weighted by Crippen LogP contribution is -2.11. The largest absolute Gasteiger partial charge is 0.380 e. The summed E-state index contributed by atoms with van der Waals surface area (Å²) < 4.78 is 13.0. The van der Waals surface area contributed by atoms with Crippen LogP contribution in [0, 0.1) is 17.1 Å². The molecule has 0 aromatic heterocycles. The highest BCUT2D eigenvalue weighted by atomic mass is 35.5. The highest BCUT2D eigenvalue weighted by molar-refractivity contribution is 6.31. The van der Waals surface area contributed by atoms with Crippen molar-refractivity contribution in [2.45, 2.75) is 6.54 Å². The number of halogens is 2. The number of carbonyl (C=O) groups is 1. The first-order chi connectivity index (χ1) is 10.0. The van der Waals surface area contributed by atoms with E-state index in [0.717, 1.165) is 11.6 Å². The van der Waals surface area contributed by atoms with Crippen molar-refractivity contribution in [3.8, 4) is 6.07 Å². The summed E-state index contributed by atoms with van der Waals surface area (Å²) in [6.07, 6.45) is 0. The van der Waals surface area contributed by atoms with Crippen LogP contribution in [0.25, 0.3) is 0 Å². The molecule has 6 heteroatoms. The van der Waals surface area contributed by atoms with Crippen molar-refractivity contribution < 1.29 is 9.18 Å². The van der Waals surface area contributed by atoms with E-state index in [1.807, 2.05) is 6.07 Å². The molecule has 0 saturated carbocycles. The van der Waals surface area contributed by atoms with Crippen LogP contribution >= 0.6 is 11.6 Å². The molecular formula is C15H11ClFN3O. The van der Waals surface area contributed by atoms with Gasteiger partial charge in [0.25, 0.3) is 0 Å². The quantitative estimate of drug-likeness (QED) is 0.911. The molecule has 0 bridgehead atoms.